The Hall–Kier alpha value is -4.09. The van der Waals surface area contributed by atoms with Crippen LogP contribution in [0.4, 0.5) is 4.79 Å². The normalized spacial score (nSPS) is 12.2. The first-order chi connectivity index (χ1) is 19.0. The van der Waals surface area contributed by atoms with E-state index in [0.717, 1.165) is 0 Å². The lowest BCUT2D eigenvalue weighted by Gasteiger charge is -2.29. The third kappa shape index (κ3) is 5.75. The quantitative estimate of drug-likeness (QED) is 0.284. The number of aliphatic hydroxyl groups excluding tert-OH is 2. The zero-order valence-electron chi connectivity index (χ0n) is 23.1. The highest BCUT2D eigenvalue weighted by Crippen LogP contribution is 2.28. The second kappa shape index (κ2) is 11.6. The van der Waals surface area contributed by atoms with Crippen LogP contribution in [0, 0.1) is 0 Å². The molecule has 0 unspecified atom stereocenters. The van der Waals surface area contributed by atoms with E-state index in [1.807, 2.05) is 0 Å². The van der Waals surface area contributed by atoms with Crippen LogP contribution in [0.25, 0.3) is 22.1 Å². The van der Waals surface area contributed by atoms with Crippen molar-refractivity contribution in [1.82, 2.24) is 19.1 Å². The van der Waals surface area contributed by atoms with Crippen molar-refractivity contribution in [2.45, 2.75) is 64.8 Å². The first kappa shape index (κ1) is 28.9. The number of nitrogens with zero attached hydrogens (tertiary/aromatic N) is 4. The Labute approximate surface area is 230 Å². The van der Waals surface area contributed by atoms with Gasteiger partial charge in [-0.25, -0.2) is 14.8 Å². The van der Waals surface area contributed by atoms with Crippen molar-refractivity contribution in [2.75, 3.05) is 13.2 Å². The minimum absolute atomic E-state index is 0.00548. The summed E-state index contributed by atoms with van der Waals surface area (Å²) in [6, 6.07) is 14.2. The summed E-state index contributed by atoms with van der Waals surface area (Å²) in [6.45, 7) is 6.47. The lowest BCUT2D eigenvalue weighted by molar-refractivity contribution is -0.0668. The van der Waals surface area contributed by atoms with Crippen molar-refractivity contribution in [3.8, 4) is 0 Å². The van der Waals surface area contributed by atoms with E-state index in [2.05, 4.69) is 9.97 Å². The number of hydrogen-bond donors (Lipinski definition) is 2. The van der Waals surface area contributed by atoms with Gasteiger partial charge in [0, 0.05) is 26.3 Å². The number of benzene rings is 2. The van der Waals surface area contributed by atoms with Gasteiger partial charge in [0.1, 0.15) is 11.4 Å². The number of hydrogen-bond acceptors (Lipinski definition) is 9. The smallest absolute Gasteiger partial charge is 0.421 e. The Morgan fingerprint density at radius 1 is 0.725 bits per heavy atom. The fourth-order valence-electron chi connectivity index (χ4n) is 4.61. The number of aromatic nitrogens is 4. The van der Waals surface area contributed by atoms with Crippen LogP contribution in [0.15, 0.2) is 58.1 Å². The molecule has 2 aromatic carbocycles. The molecule has 0 atom stereocenters. The number of para-hydroxylation sites is 4. The van der Waals surface area contributed by atoms with Crippen LogP contribution in [0.1, 0.15) is 51.9 Å². The van der Waals surface area contributed by atoms with Gasteiger partial charge in [-0.1, -0.05) is 24.3 Å². The number of fused-ring (bicyclic) bond motifs is 2. The maximum absolute atomic E-state index is 13.4. The zero-order chi connectivity index (χ0) is 29.1. The Morgan fingerprint density at radius 2 is 1.10 bits per heavy atom. The van der Waals surface area contributed by atoms with Crippen molar-refractivity contribution in [3.05, 3.63) is 80.6 Å². The van der Waals surface area contributed by atoms with Gasteiger partial charge in [-0.05, 0) is 64.8 Å². The fraction of sp³-hybridized carbons (Fsp3) is 0.414. The maximum Gasteiger partial charge on any atom is 0.510 e. The molecule has 4 aromatic rings. The summed E-state index contributed by atoms with van der Waals surface area (Å²) in [7, 11) is 0. The van der Waals surface area contributed by atoms with Crippen LogP contribution in [0.5, 0.6) is 0 Å². The Kier molecular flexibility index (Phi) is 8.36. The summed E-state index contributed by atoms with van der Waals surface area (Å²) in [5.74, 6) is 0. The van der Waals surface area contributed by atoms with Gasteiger partial charge >= 0.3 is 6.16 Å². The molecule has 11 heteroatoms. The number of aryl methyl sites for hydroxylation is 2. The van der Waals surface area contributed by atoms with E-state index in [4.69, 9.17) is 9.47 Å². The number of carbonyl (C=O) groups excluding carboxylic acids is 1. The summed E-state index contributed by atoms with van der Waals surface area (Å²) >= 11 is 0. The van der Waals surface area contributed by atoms with Crippen molar-refractivity contribution < 1.29 is 24.5 Å². The first-order valence-corrected chi connectivity index (χ1v) is 13.1. The van der Waals surface area contributed by atoms with Crippen molar-refractivity contribution in [2.24, 2.45) is 0 Å². The molecule has 40 heavy (non-hydrogen) atoms. The number of carbonyl (C=O) groups is 1. The molecule has 0 radical (unpaired) electrons. The van der Waals surface area contributed by atoms with E-state index in [9.17, 15) is 24.6 Å². The van der Waals surface area contributed by atoms with E-state index in [1.165, 1.54) is 36.8 Å². The van der Waals surface area contributed by atoms with Gasteiger partial charge in [-0.15, -0.1) is 0 Å². The molecule has 0 bridgehead atoms. The monoisotopic (exact) mass is 550 g/mol. The minimum atomic E-state index is -1.49. The van der Waals surface area contributed by atoms with Gasteiger partial charge < -0.3 is 28.8 Å². The largest absolute Gasteiger partial charge is 0.510 e. The molecular weight excluding hydrogens is 516 g/mol. The molecule has 2 heterocycles. The lowest BCUT2D eigenvalue weighted by Crippen LogP contribution is -2.40. The number of ether oxygens (including phenoxy) is 2. The SMILES string of the molecule is CC(C)(OC(=O)OC(C)(C)c1nc2ccccc2n(CCCO)c1=O)c1nc2ccccc2n(CCCO)c1=O. The minimum Gasteiger partial charge on any atom is -0.421 e. The summed E-state index contributed by atoms with van der Waals surface area (Å²) < 4.78 is 14.3. The molecule has 0 aliphatic rings. The van der Waals surface area contributed by atoms with E-state index < -0.39 is 28.5 Å². The first-order valence-electron chi connectivity index (χ1n) is 13.1. The molecule has 2 aromatic heterocycles. The molecule has 4 rings (SSSR count). The molecule has 0 saturated carbocycles. The molecule has 0 fully saturated rings. The Balaban J connectivity index is 1.66. The van der Waals surface area contributed by atoms with Crippen LogP contribution in [0.2, 0.25) is 0 Å². The standard InChI is InChI=1S/C29H34N4O7/c1-28(2,23-25(36)32(15-9-17-34)21-13-7-5-11-19(21)30-23)39-27(38)40-29(3,4)24-26(37)33(16-10-18-35)22-14-8-6-12-20(22)31-24/h5-8,11-14,34-35H,9-10,15-18H2,1-4H3. The fourth-order valence-corrected chi connectivity index (χ4v) is 4.61. The van der Waals surface area contributed by atoms with Crippen LogP contribution >= 0.6 is 0 Å². The van der Waals surface area contributed by atoms with E-state index in [0.29, 0.717) is 34.9 Å². The maximum atomic E-state index is 13.4. The molecule has 2 N–H and O–H groups in total. The molecule has 11 nitrogen and oxygen atoms in total. The second-order valence-corrected chi connectivity index (χ2v) is 10.4. The van der Waals surface area contributed by atoms with Gasteiger partial charge in [0.25, 0.3) is 11.1 Å². The van der Waals surface area contributed by atoms with Crippen molar-refractivity contribution >= 4 is 28.2 Å². The average Bonchev–Trinajstić information content (AvgIpc) is 2.90. The van der Waals surface area contributed by atoms with Crippen LogP contribution < -0.4 is 11.1 Å². The molecule has 212 valence electrons. The molecule has 0 aliphatic carbocycles. The van der Waals surface area contributed by atoms with E-state index in [1.54, 1.807) is 48.5 Å². The molecule has 0 spiro atoms. The topological polar surface area (TPSA) is 146 Å². The predicted molar refractivity (Wildman–Crippen MR) is 149 cm³/mol. The molecule has 0 saturated heterocycles. The predicted octanol–water partition coefficient (Wildman–Crippen LogP) is 3.19. The van der Waals surface area contributed by atoms with Crippen LogP contribution in [0.3, 0.4) is 0 Å². The van der Waals surface area contributed by atoms with Crippen molar-refractivity contribution in [1.29, 1.82) is 0 Å². The number of rotatable bonds is 10. The Bertz CT molecular complexity index is 1540. The third-order valence-corrected chi connectivity index (χ3v) is 6.60. The Morgan fingerprint density at radius 3 is 1.48 bits per heavy atom. The summed E-state index contributed by atoms with van der Waals surface area (Å²) in [5.41, 5.74) is -1.63. The summed E-state index contributed by atoms with van der Waals surface area (Å²) in [4.78, 5) is 49.0. The van der Waals surface area contributed by atoms with Gasteiger partial charge in [-0.3, -0.25) is 9.59 Å². The van der Waals surface area contributed by atoms with Gasteiger partial charge in [-0.2, -0.15) is 0 Å². The van der Waals surface area contributed by atoms with Crippen LogP contribution in [-0.4, -0.2) is 48.7 Å². The zero-order valence-corrected chi connectivity index (χ0v) is 23.1. The highest BCUT2D eigenvalue weighted by molar-refractivity contribution is 5.75. The van der Waals surface area contributed by atoms with Gasteiger partial charge in [0.15, 0.2) is 11.2 Å². The lowest BCUT2D eigenvalue weighted by atomic mass is 10.0. The molecule has 0 amide bonds. The molecule has 0 aliphatic heterocycles. The summed E-state index contributed by atoms with van der Waals surface area (Å²) in [5, 5.41) is 18.6. The second-order valence-electron chi connectivity index (χ2n) is 10.4. The van der Waals surface area contributed by atoms with Gasteiger partial charge in [0.05, 0.1) is 22.1 Å². The van der Waals surface area contributed by atoms with Crippen LogP contribution in [-0.2, 0) is 33.8 Å². The van der Waals surface area contributed by atoms with E-state index >= 15 is 0 Å². The average molecular weight is 551 g/mol. The highest BCUT2D eigenvalue weighted by atomic mass is 16.7. The number of aliphatic hydroxyl groups is 2. The van der Waals surface area contributed by atoms with E-state index in [-0.39, 0.29) is 37.7 Å². The third-order valence-electron chi connectivity index (χ3n) is 6.60. The molecular formula is C29H34N4O7. The van der Waals surface area contributed by atoms with Gasteiger partial charge in [0.2, 0.25) is 0 Å². The summed E-state index contributed by atoms with van der Waals surface area (Å²) in [6.07, 6.45) is -0.388. The van der Waals surface area contributed by atoms with Crippen molar-refractivity contribution in [3.63, 3.8) is 0 Å². The highest BCUT2D eigenvalue weighted by Gasteiger charge is 2.37.